The van der Waals surface area contributed by atoms with Crippen LogP contribution in [0.2, 0.25) is 0 Å². The molecule has 0 heterocycles. The molecule has 0 aliphatic heterocycles. The highest BCUT2D eigenvalue weighted by Gasteiger charge is 2.26. The van der Waals surface area contributed by atoms with Gasteiger partial charge in [0.05, 0.1) is 0 Å². The Labute approximate surface area is 105 Å². The summed E-state index contributed by atoms with van der Waals surface area (Å²) in [5.41, 5.74) is 7.39. The molecule has 1 saturated carbocycles. The standard InChI is InChI=1S/C15H24N2/c1-15(2,13-6-4-3-5-7-13)11-17-10-12-8-14(16)9-12/h3-7,12,14,17H,8-11,16H2,1-2H3. The molecule has 1 aliphatic rings. The third kappa shape index (κ3) is 3.30. The van der Waals surface area contributed by atoms with Crippen molar-refractivity contribution < 1.29 is 0 Å². The molecular formula is C15H24N2. The summed E-state index contributed by atoms with van der Waals surface area (Å²) in [6, 6.07) is 11.2. The van der Waals surface area contributed by atoms with Crippen molar-refractivity contribution in [2.45, 2.75) is 38.1 Å². The Morgan fingerprint density at radius 2 is 1.88 bits per heavy atom. The Hall–Kier alpha value is -0.860. The van der Waals surface area contributed by atoms with Crippen molar-refractivity contribution in [3.63, 3.8) is 0 Å². The molecule has 0 bridgehead atoms. The second-order valence-electron chi connectivity index (χ2n) is 5.98. The van der Waals surface area contributed by atoms with Gasteiger partial charge in [0.1, 0.15) is 0 Å². The minimum absolute atomic E-state index is 0.202. The zero-order valence-corrected chi connectivity index (χ0v) is 10.9. The predicted molar refractivity (Wildman–Crippen MR) is 73.0 cm³/mol. The van der Waals surface area contributed by atoms with Crippen LogP contribution in [0, 0.1) is 5.92 Å². The molecule has 1 fully saturated rings. The summed E-state index contributed by atoms with van der Waals surface area (Å²) in [6.07, 6.45) is 2.39. The first-order valence-electron chi connectivity index (χ1n) is 6.60. The van der Waals surface area contributed by atoms with Crippen molar-refractivity contribution in [1.29, 1.82) is 0 Å². The summed E-state index contributed by atoms with van der Waals surface area (Å²) in [5, 5.41) is 3.59. The van der Waals surface area contributed by atoms with Crippen LogP contribution in [-0.2, 0) is 5.41 Å². The predicted octanol–water partition coefficient (Wildman–Crippen LogP) is 2.29. The lowest BCUT2D eigenvalue weighted by Crippen LogP contribution is -2.43. The summed E-state index contributed by atoms with van der Waals surface area (Å²) in [4.78, 5) is 0. The van der Waals surface area contributed by atoms with E-state index in [1.165, 1.54) is 18.4 Å². The first-order chi connectivity index (χ1) is 8.08. The molecule has 0 radical (unpaired) electrons. The molecule has 0 amide bonds. The number of nitrogens with one attached hydrogen (secondary N) is 1. The van der Waals surface area contributed by atoms with Crippen molar-refractivity contribution in [2.24, 2.45) is 11.7 Å². The minimum Gasteiger partial charge on any atom is -0.328 e. The minimum atomic E-state index is 0.202. The Morgan fingerprint density at radius 1 is 1.24 bits per heavy atom. The van der Waals surface area contributed by atoms with Gasteiger partial charge in [-0.25, -0.2) is 0 Å². The summed E-state index contributed by atoms with van der Waals surface area (Å²) in [7, 11) is 0. The van der Waals surface area contributed by atoms with Gasteiger partial charge in [-0.1, -0.05) is 44.2 Å². The van der Waals surface area contributed by atoms with E-state index in [0.29, 0.717) is 6.04 Å². The average molecular weight is 232 g/mol. The molecule has 1 aromatic rings. The van der Waals surface area contributed by atoms with Gasteiger partial charge in [0.2, 0.25) is 0 Å². The molecule has 2 rings (SSSR count). The first kappa shape index (κ1) is 12.6. The van der Waals surface area contributed by atoms with Crippen molar-refractivity contribution in [2.75, 3.05) is 13.1 Å². The van der Waals surface area contributed by atoms with Gasteiger partial charge in [0.15, 0.2) is 0 Å². The van der Waals surface area contributed by atoms with Crippen LogP contribution < -0.4 is 11.1 Å². The summed E-state index contributed by atoms with van der Waals surface area (Å²) in [6.45, 7) is 6.73. The van der Waals surface area contributed by atoms with Crippen LogP contribution in [0.25, 0.3) is 0 Å². The molecule has 0 aromatic heterocycles. The smallest absolute Gasteiger partial charge is 0.00450 e. The van der Waals surface area contributed by atoms with Crippen LogP contribution in [0.15, 0.2) is 30.3 Å². The van der Waals surface area contributed by atoms with E-state index in [-0.39, 0.29) is 5.41 Å². The van der Waals surface area contributed by atoms with Gasteiger partial charge in [-0.3, -0.25) is 0 Å². The maximum Gasteiger partial charge on any atom is 0.00450 e. The van der Waals surface area contributed by atoms with Gasteiger partial charge in [-0.05, 0) is 30.9 Å². The highest BCUT2D eigenvalue weighted by Crippen LogP contribution is 2.25. The lowest BCUT2D eigenvalue weighted by molar-refractivity contribution is 0.251. The van der Waals surface area contributed by atoms with E-state index in [2.05, 4.69) is 49.5 Å². The maximum atomic E-state index is 5.79. The number of nitrogens with two attached hydrogens (primary N) is 1. The summed E-state index contributed by atoms with van der Waals surface area (Å²) < 4.78 is 0. The van der Waals surface area contributed by atoms with Crippen LogP contribution in [0.4, 0.5) is 0 Å². The average Bonchev–Trinajstić information content (AvgIpc) is 2.28. The van der Waals surface area contributed by atoms with Crippen LogP contribution in [0.1, 0.15) is 32.3 Å². The molecule has 0 saturated heterocycles. The maximum absolute atomic E-state index is 5.79. The van der Waals surface area contributed by atoms with Crippen molar-refractivity contribution in [3.05, 3.63) is 35.9 Å². The Kier molecular flexibility index (Phi) is 3.85. The van der Waals surface area contributed by atoms with Crippen LogP contribution in [-0.4, -0.2) is 19.1 Å². The van der Waals surface area contributed by atoms with E-state index in [1.54, 1.807) is 0 Å². The number of hydrogen-bond donors (Lipinski definition) is 2. The second kappa shape index (κ2) is 5.19. The molecule has 2 heteroatoms. The van der Waals surface area contributed by atoms with E-state index in [1.807, 2.05) is 0 Å². The van der Waals surface area contributed by atoms with E-state index in [4.69, 9.17) is 5.73 Å². The van der Waals surface area contributed by atoms with E-state index < -0.39 is 0 Å². The molecule has 1 aliphatic carbocycles. The van der Waals surface area contributed by atoms with Gasteiger partial charge >= 0.3 is 0 Å². The quantitative estimate of drug-likeness (QED) is 0.817. The van der Waals surface area contributed by atoms with E-state index in [9.17, 15) is 0 Å². The Balaban J connectivity index is 1.77. The van der Waals surface area contributed by atoms with Gasteiger partial charge in [-0.2, -0.15) is 0 Å². The molecule has 94 valence electrons. The van der Waals surface area contributed by atoms with E-state index in [0.717, 1.165) is 19.0 Å². The molecule has 17 heavy (non-hydrogen) atoms. The van der Waals surface area contributed by atoms with Gasteiger partial charge in [-0.15, -0.1) is 0 Å². The zero-order chi connectivity index (χ0) is 12.3. The SMILES string of the molecule is CC(C)(CNCC1CC(N)C1)c1ccccc1. The summed E-state index contributed by atoms with van der Waals surface area (Å²) in [5.74, 6) is 0.802. The molecular weight excluding hydrogens is 208 g/mol. The van der Waals surface area contributed by atoms with E-state index >= 15 is 0 Å². The fraction of sp³-hybridized carbons (Fsp3) is 0.600. The lowest BCUT2D eigenvalue weighted by Gasteiger charge is -2.34. The van der Waals surface area contributed by atoms with Crippen molar-refractivity contribution >= 4 is 0 Å². The third-order valence-electron chi connectivity index (χ3n) is 3.83. The molecule has 3 N–H and O–H groups in total. The van der Waals surface area contributed by atoms with Crippen LogP contribution in [0.3, 0.4) is 0 Å². The van der Waals surface area contributed by atoms with Crippen molar-refractivity contribution in [1.82, 2.24) is 5.32 Å². The van der Waals surface area contributed by atoms with Crippen molar-refractivity contribution in [3.8, 4) is 0 Å². The third-order valence-corrected chi connectivity index (χ3v) is 3.83. The van der Waals surface area contributed by atoms with Gasteiger partial charge in [0.25, 0.3) is 0 Å². The lowest BCUT2D eigenvalue weighted by atomic mass is 9.80. The van der Waals surface area contributed by atoms with Crippen LogP contribution in [0.5, 0.6) is 0 Å². The number of benzene rings is 1. The normalized spacial score (nSPS) is 24.4. The zero-order valence-electron chi connectivity index (χ0n) is 10.9. The Morgan fingerprint density at radius 3 is 2.47 bits per heavy atom. The fourth-order valence-corrected chi connectivity index (χ4v) is 2.53. The van der Waals surface area contributed by atoms with Gasteiger partial charge < -0.3 is 11.1 Å². The van der Waals surface area contributed by atoms with Gasteiger partial charge in [0, 0.05) is 18.0 Å². The first-order valence-corrected chi connectivity index (χ1v) is 6.60. The largest absolute Gasteiger partial charge is 0.328 e. The highest BCUT2D eigenvalue weighted by atomic mass is 14.9. The highest BCUT2D eigenvalue weighted by molar-refractivity contribution is 5.23. The number of hydrogen-bond acceptors (Lipinski definition) is 2. The topological polar surface area (TPSA) is 38.0 Å². The Bertz CT molecular complexity index is 339. The molecule has 2 nitrogen and oxygen atoms in total. The molecule has 1 aromatic carbocycles. The van der Waals surface area contributed by atoms with Crippen LogP contribution >= 0.6 is 0 Å². The summed E-state index contributed by atoms with van der Waals surface area (Å²) >= 11 is 0. The molecule has 0 unspecified atom stereocenters. The fourth-order valence-electron chi connectivity index (χ4n) is 2.53. The monoisotopic (exact) mass is 232 g/mol. The second-order valence-corrected chi connectivity index (χ2v) is 5.98. The number of rotatable bonds is 5. The molecule has 0 atom stereocenters. The molecule has 0 spiro atoms.